The third kappa shape index (κ3) is 8.81. The molecule has 0 saturated carbocycles. The third-order valence-electron chi connectivity index (χ3n) is 9.25. The van der Waals surface area contributed by atoms with E-state index in [9.17, 15) is 19.7 Å². The molecule has 4 aromatic carbocycles. The van der Waals surface area contributed by atoms with E-state index in [1.165, 1.54) is 7.11 Å². The van der Waals surface area contributed by atoms with Crippen LogP contribution in [0.15, 0.2) is 72.8 Å². The number of carbonyl (C=O) groups excluding carboxylic acids is 2. The number of nitro groups is 1. The molecule has 2 N–H and O–H groups in total. The lowest BCUT2D eigenvalue weighted by atomic mass is 10.1. The van der Waals surface area contributed by atoms with E-state index in [1.54, 1.807) is 69.5 Å². The fourth-order valence-electron chi connectivity index (χ4n) is 6.22. The van der Waals surface area contributed by atoms with E-state index in [4.69, 9.17) is 34.2 Å². The fourth-order valence-corrected chi connectivity index (χ4v) is 6.22. The van der Waals surface area contributed by atoms with Gasteiger partial charge in [-0.15, -0.1) is 0 Å². The number of fused-ring (bicyclic) bond motifs is 2. The van der Waals surface area contributed by atoms with Crippen LogP contribution in [0.3, 0.4) is 0 Å². The lowest BCUT2D eigenvalue weighted by Gasteiger charge is -2.14. The molecule has 0 radical (unpaired) electrons. The second kappa shape index (κ2) is 17.6. The summed E-state index contributed by atoms with van der Waals surface area (Å²) in [6, 6.07) is 21.3. The molecule has 294 valence electrons. The molecule has 14 heteroatoms. The average molecular weight is 767 g/mol. The Bertz CT molecular complexity index is 2410. The minimum absolute atomic E-state index is 0.0971. The van der Waals surface area contributed by atoms with Crippen LogP contribution in [0.1, 0.15) is 36.4 Å². The number of nitrogens with two attached hydrogens (primary N) is 1. The number of nitro benzene ring substituents is 1. The second-order valence-corrected chi connectivity index (χ2v) is 12.8. The number of aromatic nitrogens is 2. The number of benzene rings is 4. The zero-order chi connectivity index (χ0) is 40.7. The predicted molar refractivity (Wildman–Crippen MR) is 213 cm³/mol. The molecule has 0 aliphatic heterocycles. The van der Waals surface area contributed by atoms with Crippen molar-refractivity contribution in [1.29, 1.82) is 0 Å². The average Bonchev–Trinajstić information content (AvgIpc) is 3.63. The van der Waals surface area contributed by atoms with Crippen LogP contribution in [0.2, 0.25) is 0 Å². The first-order chi connectivity index (χ1) is 26.8. The van der Waals surface area contributed by atoms with Crippen LogP contribution in [-0.4, -0.2) is 53.4 Å². The van der Waals surface area contributed by atoms with Crippen molar-refractivity contribution in [3.63, 3.8) is 0 Å². The number of hydrogen-bond donors (Lipinski definition) is 1. The van der Waals surface area contributed by atoms with Gasteiger partial charge in [0.15, 0.2) is 28.7 Å². The van der Waals surface area contributed by atoms with Crippen molar-refractivity contribution in [2.75, 3.05) is 33.2 Å². The van der Waals surface area contributed by atoms with Gasteiger partial charge in [0.1, 0.15) is 0 Å². The molecule has 6 aromatic rings. The molecule has 0 unspecified atom stereocenters. The minimum atomic E-state index is -0.446. The molecule has 0 spiro atoms. The van der Waals surface area contributed by atoms with E-state index in [0.717, 1.165) is 33.4 Å². The molecule has 14 nitrogen and oxygen atoms in total. The molecular formula is C42H46N4O10. The number of nitrogen functional groups attached to an aromatic ring is 1. The van der Waals surface area contributed by atoms with E-state index in [1.807, 2.05) is 56.8 Å². The summed E-state index contributed by atoms with van der Waals surface area (Å²) in [6.07, 6.45) is 0.280. The van der Waals surface area contributed by atoms with E-state index in [-0.39, 0.29) is 36.2 Å². The molecule has 0 bridgehead atoms. The lowest BCUT2D eigenvalue weighted by Crippen LogP contribution is -2.07. The van der Waals surface area contributed by atoms with Crippen molar-refractivity contribution in [1.82, 2.24) is 9.13 Å². The highest BCUT2D eigenvalue weighted by molar-refractivity contribution is 5.95. The smallest absolute Gasteiger partial charge is 0.320 e. The summed E-state index contributed by atoms with van der Waals surface area (Å²) >= 11 is 0. The highest BCUT2D eigenvalue weighted by Gasteiger charge is 2.24. The van der Waals surface area contributed by atoms with E-state index >= 15 is 0 Å². The summed E-state index contributed by atoms with van der Waals surface area (Å²) in [6.45, 7) is 8.11. The van der Waals surface area contributed by atoms with E-state index in [2.05, 4.69) is 4.57 Å². The number of esters is 2. The first-order valence-corrected chi connectivity index (χ1v) is 17.9. The summed E-state index contributed by atoms with van der Waals surface area (Å²) in [5.41, 5.74) is 12.1. The molecule has 0 atom stereocenters. The van der Waals surface area contributed by atoms with Crippen molar-refractivity contribution < 1.29 is 42.9 Å². The third-order valence-corrected chi connectivity index (χ3v) is 9.25. The van der Waals surface area contributed by atoms with Crippen LogP contribution in [0.25, 0.3) is 21.8 Å². The Morgan fingerprint density at radius 3 is 1.54 bits per heavy atom. The van der Waals surface area contributed by atoms with E-state index in [0.29, 0.717) is 58.6 Å². The summed E-state index contributed by atoms with van der Waals surface area (Å²) in [4.78, 5) is 34.7. The van der Waals surface area contributed by atoms with Crippen LogP contribution in [0.4, 0.5) is 11.4 Å². The van der Waals surface area contributed by atoms with Crippen LogP contribution in [0.5, 0.6) is 34.5 Å². The van der Waals surface area contributed by atoms with Crippen LogP contribution in [0, 0.1) is 24.0 Å². The molecule has 0 fully saturated rings. The largest absolute Gasteiger partial charge is 0.493 e. The number of methoxy groups -OCH3 is 2. The van der Waals surface area contributed by atoms with Crippen molar-refractivity contribution >= 4 is 45.1 Å². The Balaban J connectivity index is 0.000000215. The molecule has 2 heterocycles. The van der Waals surface area contributed by atoms with E-state index < -0.39 is 4.92 Å². The predicted octanol–water partition coefficient (Wildman–Crippen LogP) is 8.28. The SMILES string of the molecule is CCOC(=O)Cc1ccc(Oc2ccc3c(cc(C)n3C)c2N)c(OC)c1.CCOC(=O)Cc1ccc(Oc2ccc3c(cc(C)n3C)c2[N+](=O)[O-])c(OC)c1. The van der Waals surface area contributed by atoms with Crippen molar-refractivity contribution in [3.05, 3.63) is 105 Å². The topological polar surface area (TPSA) is 169 Å². The zero-order valence-corrected chi connectivity index (χ0v) is 32.8. The van der Waals surface area contributed by atoms with Gasteiger partial charge in [-0.05, 0) is 99.5 Å². The summed E-state index contributed by atoms with van der Waals surface area (Å²) in [7, 11) is 6.88. The normalized spacial score (nSPS) is 10.8. The maximum Gasteiger partial charge on any atom is 0.320 e. The maximum atomic E-state index is 11.8. The van der Waals surface area contributed by atoms with Gasteiger partial charge in [-0.3, -0.25) is 19.7 Å². The number of anilines is 1. The molecule has 0 saturated heterocycles. The summed E-state index contributed by atoms with van der Waals surface area (Å²) in [5, 5.41) is 13.2. The maximum absolute atomic E-state index is 11.8. The monoisotopic (exact) mass is 766 g/mol. The quantitative estimate of drug-likeness (QED) is 0.0520. The number of carbonyl (C=O) groups is 2. The summed E-state index contributed by atoms with van der Waals surface area (Å²) in [5.74, 6) is 1.80. The van der Waals surface area contributed by atoms with Crippen molar-refractivity contribution in [2.24, 2.45) is 14.1 Å². The molecule has 0 amide bonds. The Kier molecular flexibility index (Phi) is 12.7. The van der Waals surface area contributed by atoms with Crippen molar-refractivity contribution in [2.45, 2.75) is 40.5 Å². The number of ether oxygens (including phenoxy) is 6. The van der Waals surface area contributed by atoms with Crippen LogP contribution in [-0.2, 0) is 46.0 Å². The number of aryl methyl sites for hydroxylation is 4. The molecule has 0 aliphatic carbocycles. The molecule has 2 aromatic heterocycles. The van der Waals surface area contributed by atoms with Gasteiger partial charge in [-0.2, -0.15) is 0 Å². The van der Waals surface area contributed by atoms with Gasteiger partial charge in [0.05, 0.1) is 67.3 Å². The van der Waals surface area contributed by atoms with Crippen molar-refractivity contribution in [3.8, 4) is 34.5 Å². The summed E-state index contributed by atoms with van der Waals surface area (Å²) < 4.78 is 36.6. The Labute approximate surface area is 324 Å². The molecular weight excluding hydrogens is 720 g/mol. The Morgan fingerprint density at radius 2 is 1.07 bits per heavy atom. The lowest BCUT2D eigenvalue weighted by molar-refractivity contribution is -0.383. The van der Waals surface area contributed by atoms with Gasteiger partial charge in [0.25, 0.3) is 0 Å². The standard InChI is InChI=1S/C21H22N2O6.C21H24N2O4/c1-5-28-20(24)12-14-6-8-17(19(11-14)27-4)29-18-9-7-16-15(21(18)23(25)26)10-13(2)22(16)3;1-5-26-20(24)12-14-6-8-17(19(11-14)25-4)27-18-9-7-16-15(21(18)22)10-13(2)23(16)3/h6-11H,5,12H2,1-4H3;6-11H,5,12,22H2,1-4H3. The van der Waals surface area contributed by atoms with Crippen LogP contribution < -0.4 is 24.7 Å². The second-order valence-electron chi connectivity index (χ2n) is 12.8. The molecule has 56 heavy (non-hydrogen) atoms. The van der Waals surface area contributed by atoms with Gasteiger partial charge in [-0.1, -0.05) is 12.1 Å². The number of nitrogens with zero attached hydrogens (tertiary/aromatic N) is 3. The zero-order valence-electron chi connectivity index (χ0n) is 32.8. The van der Waals surface area contributed by atoms with Crippen LogP contribution >= 0.6 is 0 Å². The Hall–Kier alpha value is -6.70. The first-order valence-electron chi connectivity index (χ1n) is 17.9. The molecule has 6 rings (SSSR count). The fraction of sp³-hybridized carbons (Fsp3) is 0.286. The first kappa shape index (κ1) is 40.5. The van der Waals surface area contributed by atoms with Gasteiger partial charge in [-0.25, -0.2) is 0 Å². The minimum Gasteiger partial charge on any atom is -0.493 e. The number of hydrogen-bond acceptors (Lipinski definition) is 11. The Morgan fingerprint density at radius 1 is 0.643 bits per heavy atom. The highest BCUT2D eigenvalue weighted by atomic mass is 16.6. The van der Waals surface area contributed by atoms with Gasteiger partial charge in [0, 0.05) is 30.9 Å². The van der Waals surface area contributed by atoms with Gasteiger partial charge >= 0.3 is 17.6 Å². The highest BCUT2D eigenvalue weighted by Crippen LogP contribution is 2.42. The number of rotatable bonds is 13. The molecule has 0 aliphatic rings. The van der Waals surface area contributed by atoms with Gasteiger partial charge in [0.2, 0.25) is 5.75 Å². The van der Waals surface area contributed by atoms with Gasteiger partial charge < -0.3 is 43.3 Å².